The Bertz CT molecular complexity index is 1060. The molecule has 0 N–H and O–H groups in total. The number of hydrogen-bond acceptors (Lipinski definition) is 3. The van der Waals surface area contributed by atoms with Crippen LogP contribution < -0.4 is 4.74 Å². The molecule has 3 rings (SSSR count). The maximum atomic E-state index is 13.6. The third-order valence-corrected chi connectivity index (χ3v) is 3.73. The van der Waals surface area contributed by atoms with Gasteiger partial charge in [-0.1, -0.05) is 24.3 Å². The largest absolute Gasteiger partial charge is 0.423 e. The highest BCUT2D eigenvalue weighted by Gasteiger charge is 2.24. The van der Waals surface area contributed by atoms with Gasteiger partial charge < -0.3 is 4.74 Å². The van der Waals surface area contributed by atoms with E-state index in [1.807, 2.05) is 6.07 Å². The molecule has 3 aromatic rings. The third-order valence-electron chi connectivity index (χ3n) is 3.73. The lowest BCUT2D eigenvalue weighted by Crippen LogP contribution is -2.13. The van der Waals surface area contributed by atoms with Crippen LogP contribution in [-0.4, -0.2) is 5.97 Å². The van der Waals surface area contributed by atoms with Crippen molar-refractivity contribution >= 4 is 5.97 Å². The molecule has 0 bridgehead atoms. The molecule has 3 nitrogen and oxygen atoms in total. The summed E-state index contributed by atoms with van der Waals surface area (Å²) in [4.78, 5) is 11.9. The minimum Gasteiger partial charge on any atom is -0.423 e. The lowest BCUT2D eigenvalue weighted by atomic mass is 10.0. The lowest BCUT2D eigenvalue weighted by Gasteiger charge is -2.08. The average Bonchev–Trinajstić information content (AvgIpc) is 2.69. The van der Waals surface area contributed by atoms with Crippen LogP contribution in [0.3, 0.4) is 0 Å². The number of benzene rings is 3. The molecule has 0 radical (unpaired) electrons. The number of nitriles is 1. The Morgan fingerprint density at radius 3 is 1.93 bits per heavy atom. The van der Waals surface area contributed by atoms with E-state index in [1.54, 1.807) is 36.4 Å². The van der Waals surface area contributed by atoms with Crippen LogP contribution in [0.2, 0.25) is 0 Å². The van der Waals surface area contributed by atoms with Gasteiger partial charge in [0.15, 0.2) is 23.3 Å². The van der Waals surface area contributed by atoms with Crippen LogP contribution >= 0.6 is 0 Å². The number of nitrogens with zero attached hydrogens (tertiary/aromatic N) is 1. The molecular formula is C20H9F4NO2. The van der Waals surface area contributed by atoms with Gasteiger partial charge in [0.05, 0.1) is 11.6 Å². The zero-order valence-corrected chi connectivity index (χ0v) is 13.5. The summed E-state index contributed by atoms with van der Waals surface area (Å²) < 4.78 is 57.9. The van der Waals surface area contributed by atoms with E-state index in [9.17, 15) is 22.4 Å². The second-order valence-electron chi connectivity index (χ2n) is 5.45. The van der Waals surface area contributed by atoms with Gasteiger partial charge in [-0.25, -0.2) is 22.4 Å². The second-order valence-corrected chi connectivity index (χ2v) is 5.45. The Kier molecular flexibility index (Phi) is 4.90. The van der Waals surface area contributed by atoms with Crippen LogP contribution in [0.15, 0.2) is 54.6 Å². The summed E-state index contributed by atoms with van der Waals surface area (Å²) in [6.45, 7) is 0. The van der Waals surface area contributed by atoms with E-state index in [2.05, 4.69) is 0 Å². The molecule has 3 aromatic carbocycles. The molecule has 0 atom stereocenters. The number of esters is 1. The third kappa shape index (κ3) is 3.65. The van der Waals surface area contributed by atoms with Crippen molar-refractivity contribution in [1.29, 1.82) is 5.26 Å². The summed E-state index contributed by atoms with van der Waals surface area (Å²) in [5, 5.41) is 8.79. The molecule has 0 aromatic heterocycles. The predicted octanol–water partition coefficient (Wildman–Crippen LogP) is 5.00. The first-order valence-corrected chi connectivity index (χ1v) is 7.56. The molecule has 7 heteroatoms. The molecule has 0 unspecified atom stereocenters. The van der Waals surface area contributed by atoms with E-state index >= 15 is 0 Å². The zero-order chi connectivity index (χ0) is 19.6. The number of hydrogen-bond donors (Lipinski definition) is 0. The fourth-order valence-corrected chi connectivity index (χ4v) is 2.34. The number of carbonyl (C=O) groups excluding carboxylic acids is 1. The number of carbonyl (C=O) groups is 1. The van der Waals surface area contributed by atoms with Crippen molar-refractivity contribution in [1.82, 2.24) is 0 Å². The van der Waals surface area contributed by atoms with Gasteiger partial charge in [0, 0.05) is 0 Å². The highest BCUT2D eigenvalue weighted by atomic mass is 19.2. The van der Waals surface area contributed by atoms with E-state index in [1.165, 1.54) is 12.1 Å². The van der Waals surface area contributed by atoms with Crippen LogP contribution in [0.5, 0.6) is 5.75 Å². The number of halogens is 4. The lowest BCUT2D eigenvalue weighted by molar-refractivity contribution is 0.0727. The van der Waals surface area contributed by atoms with Gasteiger partial charge in [-0.3, -0.25) is 0 Å². The van der Waals surface area contributed by atoms with Gasteiger partial charge in [0.2, 0.25) is 0 Å². The highest BCUT2D eigenvalue weighted by molar-refractivity contribution is 5.91. The zero-order valence-electron chi connectivity index (χ0n) is 13.5. The molecular weight excluding hydrogens is 362 g/mol. The fourth-order valence-electron chi connectivity index (χ4n) is 2.34. The number of ether oxygens (including phenoxy) is 1. The minimum absolute atomic E-state index is 0.00179. The monoisotopic (exact) mass is 371 g/mol. The van der Waals surface area contributed by atoms with Crippen LogP contribution in [0.4, 0.5) is 17.6 Å². The van der Waals surface area contributed by atoms with E-state index in [-0.39, 0.29) is 11.8 Å². The molecule has 134 valence electrons. The van der Waals surface area contributed by atoms with Crippen molar-refractivity contribution in [2.45, 2.75) is 0 Å². The molecule has 0 saturated heterocycles. The van der Waals surface area contributed by atoms with Crippen LogP contribution in [-0.2, 0) is 0 Å². The normalized spacial score (nSPS) is 10.3. The Morgan fingerprint density at radius 1 is 0.815 bits per heavy atom. The van der Waals surface area contributed by atoms with Crippen molar-refractivity contribution in [3.63, 3.8) is 0 Å². The van der Waals surface area contributed by atoms with E-state index < -0.39 is 34.8 Å². The molecule has 0 amide bonds. The summed E-state index contributed by atoms with van der Waals surface area (Å²) in [5.41, 5.74) is 1.01. The molecule has 0 aliphatic carbocycles. The van der Waals surface area contributed by atoms with Gasteiger partial charge in [0.25, 0.3) is 0 Å². The smallest absolute Gasteiger partial charge is 0.346 e. The van der Waals surface area contributed by atoms with Gasteiger partial charge in [0.1, 0.15) is 11.3 Å². The fraction of sp³-hybridized carbons (Fsp3) is 0. The van der Waals surface area contributed by atoms with Crippen molar-refractivity contribution in [2.75, 3.05) is 0 Å². The Hall–Kier alpha value is -3.66. The van der Waals surface area contributed by atoms with Gasteiger partial charge in [-0.05, 0) is 41.5 Å². The first-order chi connectivity index (χ1) is 12.9. The van der Waals surface area contributed by atoms with Gasteiger partial charge >= 0.3 is 5.97 Å². The summed E-state index contributed by atoms with van der Waals surface area (Å²) in [6, 6.07) is 15.0. The van der Waals surface area contributed by atoms with Crippen LogP contribution in [0, 0.1) is 34.6 Å². The summed E-state index contributed by atoms with van der Waals surface area (Å²) in [7, 11) is 0. The molecule has 27 heavy (non-hydrogen) atoms. The molecule has 0 heterocycles. The molecule has 0 aliphatic rings. The van der Waals surface area contributed by atoms with Gasteiger partial charge in [-0.15, -0.1) is 0 Å². The molecule has 0 aliphatic heterocycles. The Morgan fingerprint density at radius 2 is 1.37 bits per heavy atom. The van der Waals surface area contributed by atoms with E-state index in [4.69, 9.17) is 10.00 Å². The maximum Gasteiger partial charge on any atom is 0.346 e. The van der Waals surface area contributed by atoms with E-state index in [0.717, 1.165) is 11.1 Å². The van der Waals surface area contributed by atoms with Crippen LogP contribution in [0.1, 0.15) is 15.9 Å². The summed E-state index contributed by atoms with van der Waals surface area (Å²) in [5.74, 6) is -8.97. The topological polar surface area (TPSA) is 50.1 Å². The minimum atomic E-state index is -2.09. The first-order valence-electron chi connectivity index (χ1n) is 7.56. The van der Waals surface area contributed by atoms with Crippen molar-refractivity contribution in [3.05, 3.63) is 89.0 Å². The van der Waals surface area contributed by atoms with Crippen molar-refractivity contribution in [3.8, 4) is 22.9 Å². The average molecular weight is 371 g/mol. The molecule has 0 spiro atoms. The van der Waals surface area contributed by atoms with Crippen LogP contribution in [0.25, 0.3) is 11.1 Å². The van der Waals surface area contributed by atoms with Crippen molar-refractivity contribution in [2.24, 2.45) is 0 Å². The van der Waals surface area contributed by atoms with E-state index in [0.29, 0.717) is 5.56 Å². The van der Waals surface area contributed by atoms with Crippen molar-refractivity contribution < 1.29 is 27.1 Å². The molecule has 0 saturated carbocycles. The Labute approximate surface area is 151 Å². The summed E-state index contributed by atoms with van der Waals surface area (Å²) >= 11 is 0. The maximum absolute atomic E-state index is 13.6. The molecule has 0 fully saturated rings. The predicted molar refractivity (Wildman–Crippen MR) is 87.8 cm³/mol. The number of rotatable bonds is 3. The van der Waals surface area contributed by atoms with Gasteiger partial charge in [-0.2, -0.15) is 5.26 Å². The highest BCUT2D eigenvalue weighted by Crippen LogP contribution is 2.24. The second kappa shape index (κ2) is 7.30. The standard InChI is InChI=1S/C20H9F4NO2/c21-16-9-15(17(22)19(24)18(16)23)20(26)27-14-7-5-13(6-8-14)12-3-1-11(10-25)2-4-12/h1-9H. The quantitative estimate of drug-likeness (QED) is 0.214. The summed E-state index contributed by atoms with van der Waals surface area (Å²) in [6.07, 6.45) is 0. The first kappa shape index (κ1) is 18.1. The SMILES string of the molecule is N#Cc1ccc(-c2ccc(OC(=O)c3cc(F)c(F)c(F)c3F)cc2)cc1. The Balaban J connectivity index is 1.80.